The van der Waals surface area contributed by atoms with E-state index in [1.54, 1.807) is 0 Å². The highest BCUT2D eigenvalue weighted by atomic mass is 16.5. The van der Waals surface area contributed by atoms with Gasteiger partial charge < -0.3 is 4.74 Å². The molecule has 126 valence electrons. The number of methoxy groups -OCH3 is 1. The molecule has 0 aromatic carbocycles. The molecule has 0 heterocycles. The predicted molar refractivity (Wildman–Crippen MR) is 93.9 cm³/mol. The topological polar surface area (TPSA) is 26.3 Å². The van der Waals surface area contributed by atoms with Crippen molar-refractivity contribution in [3.8, 4) is 0 Å². The van der Waals surface area contributed by atoms with Crippen molar-refractivity contribution >= 4 is 5.97 Å². The average Bonchev–Trinajstić information content (AvgIpc) is 2.53. The average molecular weight is 314 g/mol. The number of carbonyl (C=O) groups is 1. The molecule has 0 aliphatic heterocycles. The highest BCUT2D eigenvalue weighted by Crippen LogP contribution is 2.62. The van der Waals surface area contributed by atoms with Crippen molar-refractivity contribution in [3.63, 3.8) is 0 Å². The lowest BCUT2D eigenvalue weighted by Gasteiger charge is -2.57. The lowest BCUT2D eigenvalue weighted by molar-refractivity contribution is -0.166. The first-order valence-electron chi connectivity index (χ1n) is 8.98. The van der Waals surface area contributed by atoms with Gasteiger partial charge in [0.25, 0.3) is 0 Å². The Labute approximate surface area is 140 Å². The van der Waals surface area contributed by atoms with Crippen molar-refractivity contribution in [2.75, 3.05) is 7.11 Å². The normalized spacial score (nSPS) is 39.5. The third-order valence-electron chi connectivity index (χ3n) is 7.01. The zero-order chi connectivity index (χ0) is 16.8. The molecule has 0 spiro atoms. The van der Waals surface area contributed by atoms with Gasteiger partial charge in [-0.2, -0.15) is 0 Å². The minimum Gasteiger partial charge on any atom is -0.469 e. The van der Waals surface area contributed by atoms with Crippen LogP contribution in [0.3, 0.4) is 0 Å². The molecule has 0 bridgehead atoms. The molecule has 0 aromatic rings. The minimum absolute atomic E-state index is 0.0146. The summed E-state index contributed by atoms with van der Waals surface area (Å²) in [6.07, 6.45) is 11.4. The molecule has 3 aliphatic carbocycles. The molecule has 0 aromatic heterocycles. The van der Waals surface area contributed by atoms with Gasteiger partial charge in [0.1, 0.15) is 0 Å². The van der Waals surface area contributed by atoms with E-state index in [-0.39, 0.29) is 16.8 Å². The van der Waals surface area contributed by atoms with Crippen molar-refractivity contribution < 1.29 is 9.53 Å². The Morgan fingerprint density at radius 3 is 2.74 bits per heavy atom. The third-order valence-corrected chi connectivity index (χ3v) is 7.01. The summed E-state index contributed by atoms with van der Waals surface area (Å²) < 4.78 is 5.19. The maximum atomic E-state index is 12.5. The van der Waals surface area contributed by atoms with Gasteiger partial charge in [0.2, 0.25) is 0 Å². The van der Waals surface area contributed by atoms with Gasteiger partial charge in [0.05, 0.1) is 12.5 Å². The first-order valence-corrected chi connectivity index (χ1v) is 8.98. The summed E-state index contributed by atoms with van der Waals surface area (Å²) in [5, 5.41) is 0. The van der Waals surface area contributed by atoms with Crippen LogP contribution in [0.5, 0.6) is 0 Å². The van der Waals surface area contributed by atoms with Crippen LogP contribution in [0.2, 0.25) is 0 Å². The fraction of sp³-hybridized carbons (Fsp3) is 0.667. The standard InChI is InChI=1S/C21H30O2/c1-14(2)15-7-9-17-16(13-15)8-10-18-20(17,3)11-6-12-21(18,4)19(22)23-5/h8,13,17-18H,1,6-7,9-12H2,2-5H3/t17-,18+,20+,21+/m1/s1. The molecular weight excluding hydrogens is 284 g/mol. The molecular formula is C21H30O2. The first-order chi connectivity index (χ1) is 10.8. The lowest BCUT2D eigenvalue weighted by atomic mass is 9.47. The number of ether oxygens (including phenoxy) is 1. The summed E-state index contributed by atoms with van der Waals surface area (Å²) in [6.45, 7) is 10.8. The molecule has 0 N–H and O–H groups in total. The van der Waals surface area contributed by atoms with E-state index in [2.05, 4.69) is 39.5 Å². The Balaban J connectivity index is 2.00. The Morgan fingerprint density at radius 2 is 2.09 bits per heavy atom. The fourth-order valence-corrected chi connectivity index (χ4v) is 5.68. The number of esters is 1. The summed E-state index contributed by atoms with van der Waals surface area (Å²) in [6, 6.07) is 0. The molecule has 23 heavy (non-hydrogen) atoms. The van der Waals surface area contributed by atoms with E-state index < -0.39 is 0 Å². The highest BCUT2D eigenvalue weighted by molar-refractivity contribution is 5.77. The molecule has 0 unspecified atom stereocenters. The van der Waals surface area contributed by atoms with E-state index in [1.807, 2.05) is 0 Å². The second-order valence-corrected chi connectivity index (χ2v) is 8.30. The summed E-state index contributed by atoms with van der Waals surface area (Å²) >= 11 is 0. The summed E-state index contributed by atoms with van der Waals surface area (Å²) in [5.74, 6) is 0.956. The van der Waals surface area contributed by atoms with Crippen molar-refractivity contribution in [1.82, 2.24) is 0 Å². The molecule has 2 heteroatoms. The largest absolute Gasteiger partial charge is 0.469 e. The van der Waals surface area contributed by atoms with Gasteiger partial charge in [-0.3, -0.25) is 4.79 Å². The summed E-state index contributed by atoms with van der Waals surface area (Å²) in [4.78, 5) is 12.5. The van der Waals surface area contributed by atoms with Crippen LogP contribution >= 0.6 is 0 Å². The molecule has 2 nitrogen and oxygen atoms in total. The molecule has 0 saturated heterocycles. The van der Waals surface area contributed by atoms with E-state index in [0.717, 1.165) is 25.7 Å². The Morgan fingerprint density at radius 1 is 1.35 bits per heavy atom. The molecule has 3 aliphatic rings. The van der Waals surface area contributed by atoms with Crippen LogP contribution in [0.15, 0.2) is 35.5 Å². The van der Waals surface area contributed by atoms with Crippen LogP contribution in [-0.4, -0.2) is 13.1 Å². The maximum Gasteiger partial charge on any atom is 0.311 e. The Hall–Kier alpha value is -1.31. The maximum absolute atomic E-state index is 12.5. The van der Waals surface area contributed by atoms with E-state index in [0.29, 0.717) is 11.8 Å². The SMILES string of the molecule is C=C(C)C1=CC2=CC[C@H]3[C@@](C)(CCC[C@]3(C)C(=O)OC)[C@@H]2CC1. The Kier molecular flexibility index (Phi) is 4.06. The van der Waals surface area contributed by atoms with Crippen molar-refractivity contribution in [2.24, 2.45) is 22.7 Å². The smallest absolute Gasteiger partial charge is 0.311 e. The monoisotopic (exact) mass is 314 g/mol. The van der Waals surface area contributed by atoms with Gasteiger partial charge in [-0.15, -0.1) is 0 Å². The second kappa shape index (κ2) is 5.65. The number of hydrogen-bond acceptors (Lipinski definition) is 2. The van der Waals surface area contributed by atoms with E-state index in [9.17, 15) is 4.79 Å². The first kappa shape index (κ1) is 16.5. The molecule has 0 radical (unpaired) electrons. The van der Waals surface area contributed by atoms with Gasteiger partial charge in [0.15, 0.2) is 0 Å². The van der Waals surface area contributed by atoms with Gasteiger partial charge in [-0.05, 0) is 74.3 Å². The number of carbonyl (C=O) groups excluding carboxylic acids is 1. The van der Waals surface area contributed by atoms with Crippen LogP contribution in [0.4, 0.5) is 0 Å². The van der Waals surface area contributed by atoms with Gasteiger partial charge >= 0.3 is 5.97 Å². The minimum atomic E-state index is -0.331. The number of hydrogen-bond donors (Lipinski definition) is 0. The quantitative estimate of drug-likeness (QED) is 0.654. The number of fused-ring (bicyclic) bond motifs is 3. The summed E-state index contributed by atoms with van der Waals surface area (Å²) in [7, 11) is 1.53. The Bertz CT molecular complexity index is 597. The molecule has 0 amide bonds. The highest BCUT2D eigenvalue weighted by Gasteiger charge is 2.57. The van der Waals surface area contributed by atoms with E-state index in [4.69, 9.17) is 4.74 Å². The van der Waals surface area contributed by atoms with Gasteiger partial charge in [-0.1, -0.05) is 37.6 Å². The predicted octanol–water partition coefficient (Wildman–Crippen LogP) is 5.21. The van der Waals surface area contributed by atoms with Crippen LogP contribution in [0.25, 0.3) is 0 Å². The third kappa shape index (κ3) is 2.42. The number of rotatable bonds is 2. The zero-order valence-electron chi connectivity index (χ0n) is 15.1. The molecule has 4 atom stereocenters. The van der Waals surface area contributed by atoms with E-state index in [1.165, 1.54) is 36.7 Å². The van der Waals surface area contributed by atoms with Gasteiger partial charge in [0, 0.05) is 0 Å². The van der Waals surface area contributed by atoms with Crippen LogP contribution < -0.4 is 0 Å². The summed E-state index contributed by atoms with van der Waals surface area (Å²) in [5.41, 5.74) is 3.97. The van der Waals surface area contributed by atoms with Crippen LogP contribution in [0, 0.1) is 22.7 Å². The van der Waals surface area contributed by atoms with Gasteiger partial charge in [-0.25, -0.2) is 0 Å². The molecule has 3 rings (SSSR count). The van der Waals surface area contributed by atoms with Crippen LogP contribution in [0.1, 0.15) is 59.3 Å². The fourth-order valence-electron chi connectivity index (χ4n) is 5.68. The second-order valence-electron chi connectivity index (χ2n) is 8.30. The number of allylic oxidation sites excluding steroid dienone is 5. The zero-order valence-corrected chi connectivity index (χ0v) is 15.1. The molecule has 1 saturated carbocycles. The van der Waals surface area contributed by atoms with Crippen molar-refractivity contribution in [2.45, 2.75) is 59.3 Å². The van der Waals surface area contributed by atoms with E-state index >= 15 is 0 Å². The van der Waals surface area contributed by atoms with Crippen LogP contribution in [-0.2, 0) is 9.53 Å². The lowest BCUT2D eigenvalue weighted by Crippen LogP contribution is -2.53. The van der Waals surface area contributed by atoms with Crippen molar-refractivity contribution in [1.29, 1.82) is 0 Å². The van der Waals surface area contributed by atoms with Crippen molar-refractivity contribution in [3.05, 3.63) is 35.5 Å². The molecule has 1 fully saturated rings.